The molecule has 0 atom stereocenters. The Morgan fingerprint density at radius 2 is 2.29 bits per heavy atom. The van der Waals surface area contributed by atoms with Gasteiger partial charge in [0.25, 0.3) is 0 Å². The minimum Gasteiger partial charge on any atom is -0.476 e. The van der Waals surface area contributed by atoms with E-state index < -0.39 is 0 Å². The second kappa shape index (κ2) is 6.10. The second-order valence-electron chi connectivity index (χ2n) is 4.45. The van der Waals surface area contributed by atoms with E-state index in [4.69, 9.17) is 25.8 Å². The van der Waals surface area contributed by atoms with Gasteiger partial charge in [0.1, 0.15) is 0 Å². The van der Waals surface area contributed by atoms with Crippen molar-refractivity contribution in [3.63, 3.8) is 0 Å². The molecule has 6 heteroatoms. The molecular weight excluding hydrogens is 292 g/mol. The van der Waals surface area contributed by atoms with Gasteiger partial charge in [0.2, 0.25) is 12.7 Å². The molecule has 0 unspecified atom stereocenters. The van der Waals surface area contributed by atoms with E-state index in [1.807, 2.05) is 31.2 Å². The van der Waals surface area contributed by atoms with Crippen LogP contribution in [0.5, 0.6) is 17.4 Å². The van der Waals surface area contributed by atoms with E-state index in [1.54, 1.807) is 6.20 Å². The number of hydrogen-bond acceptors (Lipinski definition) is 5. The highest BCUT2D eigenvalue weighted by atomic mass is 35.5. The molecule has 1 aliphatic heterocycles. The Bertz CT molecular complexity index is 649. The molecule has 3 rings (SSSR count). The van der Waals surface area contributed by atoms with Crippen LogP contribution >= 0.6 is 11.6 Å². The number of rotatable bonds is 5. The molecule has 1 aromatic heterocycles. The van der Waals surface area contributed by atoms with Gasteiger partial charge in [-0.25, -0.2) is 4.98 Å². The van der Waals surface area contributed by atoms with Gasteiger partial charge in [0, 0.05) is 12.7 Å². The maximum absolute atomic E-state index is 6.17. The number of fused-ring (bicyclic) bond motifs is 1. The lowest BCUT2D eigenvalue weighted by atomic mass is 10.2. The van der Waals surface area contributed by atoms with Gasteiger partial charge >= 0.3 is 0 Å². The highest BCUT2D eigenvalue weighted by Gasteiger charge is 2.18. The van der Waals surface area contributed by atoms with E-state index >= 15 is 0 Å². The highest BCUT2D eigenvalue weighted by Crippen LogP contribution is 2.40. The molecule has 0 saturated heterocycles. The normalized spacial score (nSPS) is 12.3. The summed E-state index contributed by atoms with van der Waals surface area (Å²) in [6.45, 7) is 3.29. The molecule has 2 heterocycles. The maximum atomic E-state index is 6.17. The van der Waals surface area contributed by atoms with Gasteiger partial charge < -0.3 is 19.5 Å². The SMILES string of the molecule is CCOc1ncccc1NCc1cc(Cl)c2c(c1)OCO2. The van der Waals surface area contributed by atoms with Crippen molar-refractivity contribution in [3.8, 4) is 17.4 Å². The molecule has 1 aliphatic rings. The standard InChI is InChI=1S/C15H15ClN2O3/c1-2-19-15-12(4-3-5-17-15)18-8-10-6-11(16)14-13(7-10)20-9-21-14/h3-7,18H,2,8-9H2,1H3. The smallest absolute Gasteiger partial charge is 0.237 e. The summed E-state index contributed by atoms with van der Waals surface area (Å²) in [4.78, 5) is 4.20. The topological polar surface area (TPSA) is 52.6 Å². The Balaban J connectivity index is 1.75. The van der Waals surface area contributed by atoms with Crippen LogP contribution in [0.3, 0.4) is 0 Å². The van der Waals surface area contributed by atoms with Crippen molar-refractivity contribution < 1.29 is 14.2 Å². The Hall–Kier alpha value is -2.14. The van der Waals surface area contributed by atoms with Crippen molar-refractivity contribution in [2.24, 2.45) is 0 Å². The molecule has 2 aromatic rings. The van der Waals surface area contributed by atoms with Crippen molar-refractivity contribution in [2.45, 2.75) is 13.5 Å². The van der Waals surface area contributed by atoms with E-state index in [0.29, 0.717) is 35.6 Å². The number of pyridine rings is 1. The van der Waals surface area contributed by atoms with Crippen LogP contribution in [-0.2, 0) is 6.54 Å². The molecule has 21 heavy (non-hydrogen) atoms. The number of hydrogen-bond donors (Lipinski definition) is 1. The zero-order chi connectivity index (χ0) is 14.7. The Labute approximate surface area is 127 Å². The third-order valence-electron chi connectivity index (χ3n) is 3.02. The summed E-state index contributed by atoms with van der Waals surface area (Å²) in [5, 5.41) is 3.84. The van der Waals surface area contributed by atoms with Crippen LogP contribution < -0.4 is 19.5 Å². The van der Waals surface area contributed by atoms with Crippen LogP contribution in [-0.4, -0.2) is 18.4 Å². The highest BCUT2D eigenvalue weighted by molar-refractivity contribution is 6.32. The van der Waals surface area contributed by atoms with Crippen LogP contribution in [0.15, 0.2) is 30.5 Å². The number of ether oxygens (including phenoxy) is 3. The summed E-state index contributed by atoms with van der Waals surface area (Å²) >= 11 is 6.17. The fourth-order valence-corrected chi connectivity index (χ4v) is 2.39. The van der Waals surface area contributed by atoms with Crippen molar-refractivity contribution in [1.82, 2.24) is 4.98 Å². The van der Waals surface area contributed by atoms with Crippen LogP contribution in [0.25, 0.3) is 0 Å². The van der Waals surface area contributed by atoms with Crippen molar-refractivity contribution in [2.75, 3.05) is 18.7 Å². The van der Waals surface area contributed by atoms with Gasteiger partial charge in [-0.1, -0.05) is 11.6 Å². The summed E-state index contributed by atoms with van der Waals surface area (Å²) in [6.07, 6.45) is 1.70. The molecule has 0 aliphatic carbocycles. The van der Waals surface area contributed by atoms with Gasteiger partial charge in [0.15, 0.2) is 11.5 Å². The number of benzene rings is 1. The third kappa shape index (κ3) is 2.97. The average molecular weight is 307 g/mol. The van der Waals surface area contributed by atoms with E-state index in [0.717, 1.165) is 11.3 Å². The van der Waals surface area contributed by atoms with Crippen LogP contribution in [0.4, 0.5) is 5.69 Å². The van der Waals surface area contributed by atoms with Crippen molar-refractivity contribution in [1.29, 1.82) is 0 Å². The van der Waals surface area contributed by atoms with Crippen LogP contribution in [0, 0.1) is 0 Å². The predicted molar refractivity (Wildman–Crippen MR) is 80.3 cm³/mol. The first-order valence-corrected chi connectivity index (χ1v) is 7.05. The molecule has 1 aromatic carbocycles. The van der Waals surface area contributed by atoms with Crippen LogP contribution in [0.2, 0.25) is 5.02 Å². The van der Waals surface area contributed by atoms with Gasteiger partial charge in [-0.15, -0.1) is 0 Å². The van der Waals surface area contributed by atoms with E-state index in [-0.39, 0.29) is 6.79 Å². The predicted octanol–water partition coefficient (Wildman–Crippen LogP) is 3.47. The van der Waals surface area contributed by atoms with Gasteiger partial charge in [-0.05, 0) is 36.8 Å². The van der Waals surface area contributed by atoms with Crippen molar-refractivity contribution in [3.05, 3.63) is 41.0 Å². The fraction of sp³-hybridized carbons (Fsp3) is 0.267. The second-order valence-corrected chi connectivity index (χ2v) is 4.86. The molecule has 5 nitrogen and oxygen atoms in total. The van der Waals surface area contributed by atoms with E-state index in [1.165, 1.54) is 0 Å². The molecule has 0 fully saturated rings. The lowest BCUT2D eigenvalue weighted by molar-refractivity contribution is 0.174. The lowest BCUT2D eigenvalue weighted by Gasteiger charge is -2.11. The van der Waals surface area contributed by atoms with Crippen LogP contribution in [0.1, 0.15) is 12.5 Å². The molecule has 0 amide bonds. The van der Waals surface area contributed by atoms with E-state index in [9.17, 15) is 0 Å². The monoisotopic (exact) mass is 306 g/mol. The number of halogens is 1. The maximum Gasteiger partial charge on any atom is 0.237 e. The van der Waals surface area contributed by atoms with E-state index in [2.05, 4.69) is 10.3 Å². The summed E-state index contributed by atoms with van der Waals surface area (Å²) in [6, 6.07) is 7.56. The number of nitrogens with zero attached hydrogens (tertiary/aromatic N) is 1. The van der Waals surface area contributed by atoms with Gasteiger partial charge in [0.05, 0.1) is 17.3 Å². The summed E-state index contributed by atoms with van der Waals surface area (Å²) < 4.78 is 16.1. The first kappa shape index (κ1) is 13.8. The molecule has 0 radical (unpaired) electrons. The Morgan fingerprint density at radius 1 is 1.38 bits per heavy atom. The van der Waals surface area contributed by atoms with Gasteiger partial charge in [-0.3, -0.25) is 0 Å². The largest absolute Gasteiger partial charge is 0.476 e. The zero-order valence-electron chi connectivity index (χ0n) is 11.6. The van der Waals surface area contributed by atoms with Gasteiger partial charge in [-0.2, -0.15) is 0 Å². The summed E-state index contributed by atoms with van der Waals surface area (Å²) in [5.41, 5.74) is 1.84. The quantitative estimate of drug-likeness (QED) is 0.916. The molecule has 0 bridgehead atoms. The first-order valence-electron chi connectivity index (χ1n) is 6.67. The molecule has 0 saturated carbocycles. The lowest BCUT2D eigenvalue weighted by Crippen LogP contribution is -2.04. The first-order chi connectivity index (χ1) is 10.3. The summed E-state index contributed by atoms with van der Waals surface area (Å²) in [7, 11) is 0. The average Bonchev–Trinajstić information content (AvgIpc) is 2.96. The fourth-order valence-electron chi connectivity index (χ4n) is 2.10. The molecule has 0 spiro atoms. The molecule has 1 N–H and O–H groups in total. The van der Waals surface area contributed by atoms with Crippen molar-refractivity contribution >= 4 is 17.3 Å². The number of anilines is 1. The minimum atomic E-state index is 0.211. The summed E-state index contributed by atoms with van der Waals surface area (Å²) in [5.74, 6) is 1.87. The number of nitrogens with one attached hydrogen (secondary N) is 1. The molecular formula is C15H15ClN2O3. The molecule has 110 valence electrons. The Kier molecular flexibility index (Phi) is 4.01. The Morgan fingerprint density at radius 3 is 3.14 bits per heavy atom. The number of aromatic nitrogens is 1. The third-order valence-corrected chi connectivity index (χ3v) is 3.30. The zero-order valence-corrected chi connectivity index (χ0v) is 12.3. The minimum absolute atomic E-state index is 0.211.